The van der Waals surface area contributed by atoms with Crippen molar-refractivity contribution >= 4 is 29.2 Å². The number of hydrogen-bond donors (Lipinski definition) is 1. The number of benzene rings is 1. The number of hydrogen-bond acceptors (Lipinski definition) is 3. The van der Waals surface area contributed by atoms with Gasteiger partial charge in [-0.2, -0.15) is 0 Å². The number of halogens is 1. The third kappa shape index (κ3) is 3.68. The first-order chi connectivity index (χ1) is 10.8. The monoisotopic (exact) mass is 332 g/mol. The van der Waals surface area contributed by atoms with E-state index in [0.29, 0.717) is 16.4 Å². The summed E-state index contributed by atoms with van der Waals surface area (Å²) in [6, 6.07) is 8.40. The number of nitrogens with zero attached hydrogens (tertiary/aromatic N) is 2. The maximum absolute atomic E-state index is 11.8. The molecule has 0 aliphatic heterocycles. The summed E-state index contributed by atoms with van der Waals surface area (Å²) in [7, 11) is 0. The van der Waals surface area contributed by atoms with Gasteiger partial charge >= 0.3 is 5.97 Å². The second-order valence-electron chi connectivity index (χ2n) is 5.39. The Labute approximate surface area is 139 Å². The van der Waals surface area contributed by atoms with Crippen molar-refractivity contribution < 1.29 is 14.7 Å². The predicted octanol–water partition coefficient (Wildman–Crippen LogP) is 3.86. The van der Waals surface area contributed by atoms with Crippen LogP contribution in [0.5, 0.6) is 0 Å². The van der Waals surface area contributed by atoms with Crippen molar-refractivity contribution in [1.29, 1.82) is 0 Å². The Kier molecular flexibility index (Phi) is 5.01. The third-order valence-corrected chi connectivity index (χ3v) is 3.67. The molecule has 0 saturated heterocycles. The van der Waals surface area contributed by atoms with E-state index in [1.165, 1.54) is 19.2 Å². The highest BCUT2D eigenvalue weighted by molar-refractivity contribution is 6.34. The zero-order valence-electron chi connectivity index (χ0n) is 13.1. The molecule has 0 spiro atoms. The molecular weight excluding hydrogens is 316 g/mol. The van der Waals surface area contributed by atoms with Crippen LogP contribution in [-0.4, -0.2) is 28.0 Å². The molecule has 1 N–H and O–H groups in total. The van der Waals surface area contributed by atoms with Gasteiger partial charge in [0.2, 0.25) is 5.91 Å². The molecule has 0 atom stereocenters. The minimum atomic E-state index is -1.02. The lowest BCUT2D eigenvalue weighted by Crippen LogP contribution is -2.35. The van der Waals surface area contributed by atoms with Crippen LogP contribution in [0, 0.1) is 0 Å². The molecular formula is C17H17ClN2O3. The molecule has 0 bridgehead atoms. The summed E-state index contributed by atoms with van der Waals surface area (Å²) in [6.45, 7) is 5.33. The maximum atomic E-state index is 11.8. The summed E-state index contributed by atoms with van der Waals surface area (Å²) in [5.41, 5.74) is 2.13. The number of aromatic nitrogens is 1. The fourth-order valence-corrected chi connectivity index (χ4v) is 2.64. The lowest BCUT2D eigenvalue weighted by atomic mass is 10.1. The number of amides is 1. The molecule has 0 aliphatic rings. The normalized spacial score (nSPS) is 10.7. The molecule has 6 heteroatoms. The fraction of sp³-hybridized carbons (Fsp3) is 0.235. The molecule has 1 amide bonds. The molecule has 2 rings (SSSR count). The molecule has 1 aromatic carbocycles. The summed E-state index contributed by atoms with van der Waals surface area (Å²) >= 11 is 6.33. The Morgan fingerprint density at radius 2 is 1.91 bits per heavy atom. The number of rotatable bonds is 4. The molecule has 120 valence electrons. The van der Waals surface area contributed by atoms with E-state index < -0.39 is 5.97 Å². The summed E-state index contributed by atoms with van der Waals surface area (Å²) in [6.07, 6.45) is 1.30. The van der Waals surface area contributed by atoms with Crippen LogP contribution in [0.15, 0.2) is 36.5 Å². The van der Waals surface area contributed by atoms with Crippen LogP contribution in [-0.2, 0) is 4.79 Å². The Hall–Kier alpha value is -2.40. The van der Waals surface area contributed by atoms with Gasteiger partial charge in [0.1, 0.15) is 0 Å². The Bertz CT molecular complexity index is 742. The number of carboxylic acid groups (broad SMARTS) is 1. The van der Waals surface area contributed by atoms with Crippen LogP contribution in [0.3, 0.4) is 0 Å². The van der Waals surface area contributed by atoms with E-state index in [1.807, 2.05) is 19.9 Å². The van der Waals surface area contributed by atoms with Crippen molar-refractivity contribution in [1.82, 2.24) is 4.98 Å². The minimum absolute atomic E-state index is 0.0103. The molecule has 0 radical (unpaired) electrons. The van der Waals surface area contributed by atoms with Gasteiger partial charge in [-0.1, -0.05) is 17.7 Å². The molecule has 1 aromatic heterocycles. The smallest absolute Gasteiger partial charge is 0.337 e. The predicted molar refractivity (Wildman–Crippen MR) is 89.9 cm³/mol. The van der Waals surface area contributed by atoms with E-state index in [4.69, 9.17) is 16.7 Å². The topological polar surface area (TPSA) is 70.5 Å². The highest BCUT2D eigenvalue weighted by atomic mass is 35.5. The van der Waals surface area contributed by atoms with Crippen LogP contribution in [0.2, 0.25) is 5.02 Å². The van der Waals surface area contributed by atoms with Gasteiger partial charge in [0, 0.05) is 24.7 Å². The first-order valence-electron chi connectivity index (χ1n) is 7.10. The number of aromatic carboxylic acids is 1. The van der Waals surface area contributed by atoms with Crippen LogP contribution >= 0.6 is 11.6 Å². The number of carbonyl (C=O) groups excluding carboxylic acids is 1. The lowest BCUT2D eigenvalue weighted by Gasteiger charge is -2.26. The molecule has 23 heavy (non-hydrogen) atoms. The zero-order chi connectivity index (χ0) is 17.1. The van der Waals surface area contributed by atoms with Gasteiger partial charge in [-0.15, -0.1) is 0 Å². The van der Waals surface area contributed by atoms with E-state index in [-0.39, 0.29) is 17.5 Å². The first kappa shape index (κ1) is 17.0. The van der Waals surface area contributed by atoms with E-state index in [1.54, 1.807) is 23.1 Å². The highest BCUT2D eigenvalue weighted by Crippen LogP contribution is 2.31. The molecule has 0 fully saturated rings. The van der Waals surface area contributed by atoms with Gasteiger partial charge in [0.05, 0.1) is 22.0 Å². The summed E-state index contributed by atoms with van der Waals surface area (Å²) in [4.78, 5) is 28.4. The number of carbonyl (C=O) groups is 2. The Morgan fingerprint density at radius 3 is 2.35 bits per heavy atom. The van der Waals surface area contributed by atoms with Gasteiger partial charge in [0.25, 0.3) is 0 Å². The Morgan fingerprint density at radius 1 is 1.22 bits per heavy atom. The van der Waals surface area contributed by atoms with Crippen molar-refractivity contribution in [3.05, 3.63) is 47.1 Å². The van der Waals surface area contributed by atoms with Crippen molar-refractivity contribution in [2.75, 3.05) is 4.90 Å². The number of anilines is 1. The van der Waals surface area contributed by atoms with Gasteiger partial charge in [-0.3, -0.25) is 9.78 Å². The van der Waals surface area contributed by atoms with Gasteiger partial charge in [-0.05, 0) is 38.1 Å². The van der Waals surface area contributed by atoms with Crippen molar-refractivity contribution in [2.24, 2.45) is 0 Å². The lowest BCUT2D eigenvalue weighted by molar-refractivity contribution is -0.116. The Balaban J connectivity index is 2.39. The highest BCUT2D eigenvalue weighted by Gasteiger charge is 2.18. The van der Waals surface area contributed by atoms with Crippen LogP contribution in [0.1, 0.15) is 31.1 Å². The molecule has 5 nitrogen and oxygen atoms in total. The third-order valence-electron chi connectivity index (χ3n) is 3.37. The van der Waals surface area contributed by atoms with E-state index >= 15 is 0 Å². The SMILES string of the molecule is CC(=O)N(c1ccc(-c2ccc(C(=O)O)cn2)cc1Cl)C(C)C. The van der Waals surface area contributed by atoms with Crippen molar-refractivity contribution in [3.63, 3.8) is 0 Å². The molecule has 0 aliphatic carbocycles. The summed E-state index contributed by atoms with van der Waals surface area (Å²) < 4.78 is 0. The standard InChI is InChI=1S/C17H17ClN2O3/c1-10(2)20(11(3)21)16-7-5-12(8-14(16)18)15-6-4-13(9-19-15)17(22)23/h4-10H,1-3H3,(H,22,23). The number of carboxylic acids is 1. The molecule has 2 aromatic rings. The van der Waals surface area contributed by atoms with Gasteiger partial charge in [0.15, 0.2) is 0 Å². The minimum Gasteiger partial charge on any atom is -0.478 e. The van der Waals surface area contributed by atoms with Crippen LogP contribution in [0.25, 0.3) is 11.3 Å². The van der Waals surface area contributed by atoms with Gasteiger partial charge in [-0.25, -0.2) is 4.79 Å². The molecule has 0 unspecified atom stereocenters. The van der Waals surface area contributed by atoms with E-state index in [9.17, 15) is 9.59 Å². The van der Waals surface area contributed by atoms with Crippen LogP contribution < -0.4 is 4.90 Å². The summed E-state index contributed by atoms with van der Waals surface area (Å²) in [5, 5.41) is 9.33. The quantitative estimate of drug-likeness (QED) is 0.922. The summed E-state index contributed by atoms with van der Waals surface area (Å²) in [5.74, 6) is -1.11. The fourth-order valence-electron chi connectivity index (χ4n) is 2.36. The second-order valence-corrected chi connectivity index (χ2v) is 5.79. The average Bonchev–Trinajstić information content (AvgIpc) is 2.48. The largest absolute Gasteiger partial charge is 0.478 e. The van der Waals surface area contributed by atoms with Crippen molar-refractivity contribution in [2.45, 2.75) is 26.8 Å². The average molecular weight is 333 g/mol. The first-order valence-corrected chi connectivity index (χ1v) is 7.48. The van der Waals surface area contributed by atoms with Crippen molar-refractivity contribution in [3.8, 4) is 11.3 Å². The second kappa shape index (κ2) is 6.79. The maximum Gasteiger partial charge on any atom is 0.337 e. The number of pyridine rings is 1. The van der Waals surface area contributed by atoms with Gasteiger partial charge < -0.3 is 10.0 Å². The van der Waals surface area contributed by atoms with E-state index in [0.717, 1.165) is 5.56 Å². The zero-order valence-corrected chi connectivity index (χ0v) is 13.8. The van der Waals surface area contributed by atoms with E-state index in [2.05, 4.69) is 4.98 Å². The molecule has 1 heterocycles. The molecule has 0 saturated carbocycles. The van der Waals surface area contributed by atoms with Crippen LogP contribution in [0.4, 0.5) is 5.69 Å².